The van der Waals surface area contributed by atoms with Crippen LogP contribution in [0.15, 0.2) is 34.3 Å². The van der Waals surface area contributed by atoms with Gasteiger partial charge >= 0.3 is 0 Å². The van der Waals surface area contributed by atoms with Gasteiger partial charge in [0.1, 0.15) is 5.54 Å². The lowest BCUT2D eigenvalue weighted by molar-refractivity contribution is -0.125. The molecule has 0 aromatic heterocycles. The summed E-state index contributed by atoms with van der Waals surface area (Å²) in [6.45, 7) is 0.715. The van der Waals surface area contributed by atoms with E-state index in [-0.39, 0.29) is 5.91 Å². The molecule has 0 radical (unpaired) electrons. The fourth-order valence-electron chi connectivity index (χ4n) is 2.28. The Hall–Kier alpha value is -1.69. The zero-order chi connectivity index (χ0) is 13.7. The van der Waals surface area contributed by atoms with Crippen LogP contribution in [0.5, 0.6) is 0 Å². The molecule has 1 aromatic rings. The van der Waals surface area contributed by atoms with Crippen LogP contribution in [0.25, 0.3) is 10.4 Å². The highest BCUT2D eigenvalue weighted by Crippen LogP contribution is 2.39. The minimum Gasteiger partial charge on any atom is -0.368 e. The molecule has 0 bridgehead atoms. The van der Waals surface area contributed by atoms with Crippen LogP contribution in [0.4, 0.5) is 0 Å². The number of primary amides is 1. The minimum absolute atomic E-state index is 0.292. The van der Waals surface area contributed by atoms with E-state index in [0.29, 0.717) is 19.5 Å². The molecule has 3 N–H and O–H groups in total. The molecular weight excluding hydrogens is 262 g/mol. The van der Waals surface area contributed by atoms with E-state index in [9.17, 15) is 4.79 Å². The number of nitrogens with zero attached hydrogens (tertiary/aromatic N) is 3. The number of azide groups is 1. The summed E-state index contributed by atoms with van der Waals surface area (Å²) >= 11 is 1.72. The molecule has 1 aliphatic heterocycles. The molecule has 0 aliphatic carbocycles. The van der Waals surface area contributed by atoms with Crippen molar-refractivity contribution < 1.29 is 4.79 Å². The van der Waals surface area contributed by atoms with Gasteiger partial charge in [-0.05, 0) is 23.6 Å². The lowest BCUT2D eigenvalue weighted by Gasteiger charge is -2.36. The molecule has 2 rings (SSSR count). The summed E-state index contributed by atoms with van der Waals surface area (Å²) in [5, 5.41) is 6.64. The first-order valence-corrected chi connectivity index (χ1v) is 6.97. The number of benzene rings is 1. The third-order valence-electron chi connectivity index (χ3n) is 3.20. The maximum absolute atomic E-state index is 11.9. The predicted octanol–water partition coefficient (Wildman–Crippen LogP) is 1.76. The largest absolute Gasteiger partial charge is 0.368 e. The van der Waals surface area contributed by atoms with Crippen molar-refractivity contribution in [1.82, 2.24) is 5.32 Å². The first-order chi connectivity index (χ1) is 9.20. The van der Waals surface area contributed by atoms with Gasteiger partial charge in [0.05, 0.1) is 0 Å². The van der Waals surface area contributed by atoms with Crippen molar-refractivity contribution >= 4 is 17.7 Å². The molecule has 1 atom stereocenters. The van der Waals surface area contributed by atoms with E-state index in [0.717, 1.165) is 16.2 Å². The smallest absolute Gasteiger partial charge is 0.242 e. The highest BCUT2D eigenvalue weighted by molar-refractivity contribution is 7.99. The van der Waals surface area contributed by atoms with E-state index in [4.69, 9.17) is 11.3 Å². The molecule has 100 valence electrons. The second kappa shape index (κ2) is 5.97. The van der Waals surface area contributed by atoms with Crippen molar-refractivity contribution in [3.8, 4) is 0 Å². The Balaban J connectivity index is 2.30. The van der Waals surface area contributed by atoms with Crippen LogP contribution in [0.1, 0.15) is 12.0 Å². The van der Waals surface area contributed by atoms with Gasteiger partial charge in [-0.25, -0.2) is 0 Å². The van der Waals surface area contributed by atoms with Crippen molar-refractivity contribution in [3.63, 3.8) is 0 Å². The summed E-state index contributed by atoms with van der Waals surface area (Å²) in [6, 6.07) is 7.76. The van der Waals surface area contributed by atoms with E-state index >= 15 is 0 Å². The zero-order valence-electron chi connectivity index (χ0n) is 10.4. The number of carbonyl (C=O) groups is 1. The van der Waals surface area contributed by atoms with Crippen LogP contribution in [0.2, 0.25) is 0 Å². The fourth-order valence-corrected chi connectivity index (χ4v) is 3.49. The number of rotatable bonds is 5. The Labute approximate surface area is 115 Å². The van der Waals surface area contributed by atoms with Crippen molar-refractivity contribution in [3.05, 3.63) is 40.3 Å². The normalized spacial score (nSPS) is 21.3. The summed E-state index contributed by atoms with van der Waals surface area (Å²) in [6.07, 6.45) is 0.639. The van der Waals surface area contributed by atoms with E-state index in [1.165, 1.54) is 0 Å². The molecule has 1 amide bonds. The van der Waals surface area contributed by atoms with Gasteiger partial charge in [-0.3, -0.25) is 10.1 Å². The maximum atomic E-state index is 11.9. The van der Waals surface area contributed by atoms with Gasteiger partial charge in [0.15, 0.2) is 0 Å². The van der Waals surface area contributed by atoms with Crippen LogP contribution in [0.3, 0.4) is 0 Å². The summed E-state index contributed by atoms with van der Waals surface area (Å²) in [4.78, 5) is 15.7. The van der Waals surface area contributed by atoms with Gasteiger partial charge in [-0.1, -0.05) is 23.3 Å². The van der Waals surface area contributed by atoms with Gasteiger partial charge < -0.3 is 5.73 Å². The van der Waals surface area contributed by atoms with Crippen molar-refractivity contribution in [2.24, 2.45) is 10.8 Å². The Morgan fingerprint density at radius 1 is 1.58 bits per heavy atom. The molecule has 0 fully saturated rings. The first kappa shape index (κ1) is 13.7. The number of thioether (sulfide) groups is 1. The van der Waals surface area contributed by atoms with E-state index in [2.05, 4.69) is 15.3 Å². The van der Waals surface area contributed by atoms with Crippen LogP contribution in [-0.2, 0) is 10.3 Å². The van der Waals surface area contributed by atoms with Crippen LogP contribution >= 0.6 is 11.8 Å². The molecule has 7 heteroatoms. The van der Waals surface area contributed by atoms with Crippen LogP contribution < -0.4 is 11.1 Å². The monoisotopic (exact) mass is 277 g/mol. The molecule has 1 heterocycles. The molecule has 0 spiro atoms. The molecule has 19 heavy (non-hydrogen) atoms. The highest BCUT2D eigenvalue weighted by atomic mass is 32.2. The topological polar surface area (TPSA) is 104 Å². The molecule has 1 unspecified atom stereocenters. The van der Waals surface area contributed by atoms with Gasteiger partial charge in [-0.2, -0.15) is 0 Å². The van der Waals surface area contributed by atoms with Gasteiger partial charge in [0.25, 0.3) is 0 Å². The van der Waals surface area contributed by atoms with Crippen LogP contribution in [0, 0.1) is 0 Å². The summed E-state index contributed by atoms with van der Waals surface area (Å²) in [5.74, 6) is 0.440. The molecule has 1 aliphatic rings. The van der Waals surface area contributed by atoms with Crippen molar-refractivity contribution in [2.75, 3.05) is 18.8 Å². The number of carbonyl (C=O) groups excluding carboxylic acids is 1. The van der Waals surface area contributed by atoms with E-state index in [1.54, 1.807) is 11.8 Å². The van der Waals surface area contributed by atoms with Crippen molar-refractivity contribution in [2.45, 2.75) is 16.9 Å². The first-order valence-electron chi connectivity index (χ1n) is 5.99. The number of nitrogens with one attached hydrogen (secondary N) is 1. The number of hydrogen-bond acceptors (Lipinski definition) is 4. The summed E-state index contributed by atoms with van der Waals surface area (Å²) in [5.41, 5.74) is 13.9. The third kappa shape index (κ3) is 2.68. The zero-order valence-corrected chi connectivity index (χ0v) is 11.2. The average Bonchev–Trinajstić information content (AvgIpc) is 2.43. The average molecular weight is 277 g/mol. The number of nitrogens with two attached hydrogens (primary N) is 1. The molecule has 0 saturated carbocycles. The molecule has 6 nitrogen and oxygen atoms in total. The summed E-state index contributed by atoms with van der Waals surface area (Å²) in [7, 11) is 0. The standard InChI is InChI=1S/C12H15N5OS/c13-11(18)12(15-6-7-16-17-14)5-8-19-10-4-2-1-3-9(10)12/h1-4,15H,5-8H2,(H2,13,18). The van der Waals surface area contributed by atoms with Gasteiger partial charge in [0.2, 0.25) is 5.91 Å². The van der Waals surface area contributed by atoms with Crippen LogP contribution in [-0.4, -0.2) is 24.7 Å². The Morgan fingerprint density at radius 3 is 3.11 bits per heavy atom. The molecule has 0 saturated heterocycles. The van der Waals surface area contributed by atoms with Gasteiger partial charge in [-0.15, -0.1) is 11.8 Å². The van der Waals surface area contributed by atoms with Crippen molar-refractivity contribution in [1.29, 1.82) is 0 Å². The minimum atomic E-state index is -0.854. The fraction of sp³-hybridized carbons (Fsp3) is 0.417. The lowest BCUT2D eigenvalue weighted by Crippen LogP contribution is -2.55. The SMILES string of the molecule is [N-]=[N+]=NCCNC1(C(N)=O)CCSc2ccccc21. The quantitative estimate of drug-likeness (QED) is 0.371. The van der Waals surface area contributed by atoms with Gasteiger partial charge in [0, 0.05) is 28.6 Å². The number of amides is 1. The molecular formula is C12H15N5OS. The van der Waals surface area contributed by atoms with E-state index < -0.39 is 5.54 Å². The Morgan fingerprint density at radius 2 is 2.37 bits per heavy atom. The number of hydrogen-bond donors (Lipinski definition) is 2. The maximum Gasteiger partial charge on any atom is 0.242 e. The Kier molecular flexibility index (Phi) is 4.31. The third-order valence-corrected chi connectivity index (χ3v) is 4.28. The highest BCUT2D eigenvalue weighted by Gasteiger charge is 2.41. The lowest BCUT2D eigenvalue weighted by atomic mass is 9.85. The molecule has 1 aromatic carbocycles. The second-order valence-corrected chi connectivity index (χ2v) is 5.38. The van der Waals surface area contributed by atoms with E-state index in [1.807, 2.05) is 24.3 Å². The second-order valence-electron chi connectivity index (χ2n) is 4.25. The number of fused-ring (bicyclic) bond motifs is 1. The Bertz CT molecular complexity index is 529. The summed E-state index contributed by atoms with van der Waals surface area (Å²) < 4.78 is 0. The predicted molar refractivity (Wildman–Crippen MR) is 74.7 cm³/mol.